The predicted octanol–water partition coefficient (Wildman–Crippen LogP) is 1.47. The highest BCUT2D eigenvalue weighted by molar-refractivity contribution is 7.09. The van der Waals surface area contributed by atoms with Crippen LogP contribution in [0.5, 0.6) is 0 Å². The number of thiazole rings is 1. The Morgan fingerprint density at radius 1 is 1.64 bits per heavy atom. The number of carbonyl (C=O) groups is 1. The first-order valence-corrected chi connectivity index (χ1v) is 4.44. The Balaban J connectivity index is 2.85. The van der Waals surface area contributed by atoms with Crippen molar-refractivity contribution >= 4 is 17.1 Å². The summed E-state index contributed by atoms with van der Waals surface area (Å²) in [7, 11) is 0. The Labute approximate surface area is 81.3 Å². The van der Waals surface area contributed by atoms with Crippen LogP contribution in [0, 0.1) is 12.3 Å². The molecule has 78 valence electrons. The smallest absolute Gasteiger partial charge is 0.316 e. The zero-order chi connectivity index (χ0) is 10.9. The number of Topliss-reactive ketones (excluding diaryl/α,β-unsaturated/α-hetero) is 1. The molecule has 0 spiro atoms. The minimum Gasteiger partial charge on any atom is -0.316 e. The fraction of sp³-hybridized carbons (Fsp3) is 0.429. The van der Waals surface area contributed by atoms with Crippen LogP contribution < -0.4 is 4.80 Å². The van der Waals surface area contributed by atoms with Crippen molar-refractivity contribution in [2.45, 2.75) is 19.6 Å². The van der Waals surface area contributed by atoms with Gasteiger partial charge in [0.05, 0.1) is 6.54 Å². The average Bonchev–Trinajstić information content (AvgIpc) is 2.28. The van der Waals surface area contributed by atoms with Gasteiger partial charge in [0, 0.05) is 11.1 Å². The molecule has 0 radical (unpaired) electrons. The van der Waals surface area contributed by atoms with Crippen LogP contribution >= 0.6 is 11.3 Å². The van der Waals surface area contributed by atoms with Gasteiger partial charge in [-0.2, -0.15) is 13.2 Å². The van der Waals surface area contributed by atoms with Crippen LogP contribution in [-0.2, 0) is 11.3 Å². The van der Waals surface area contributed by atoms with E-state index < -0.39 is 18.5 Å². The van der Waals surface area contributed by atoms with E-state index in [1.54, 1.807) is 6.92 Å². The molecule has 0 saturated heterocycles. The number of aromatic nitrogens is 1. The number of alkyl halides is 3. The normalized spacial score (nSPS) is 11.7. The molecule has 0 saturated carbocycles. The molecule has 0 amide bonds. The Morgan fingerprint density at radius 3 is 2.57 bits per heavy atom. The summed E-state index contributed by atoms with van der Waals surface area (Å²) >= 11 is 1.03. The van der Waals surface area contributed by atoms with E-state index in [9.17, 15) is 18.0 Å². The summed E-state index contributed by atoms with van der Waals surface area (Å²) < 4.78 is 36.5. The highest BCUT2D eigenvalue weighted by Crippen LogP contribution is 2.16. The molecule has 1 aromatic rings. The molecule has 7 heteroatoms. The Bertz CT molecular complexity index is 404. The van der Waals surface area contributed by atoms with Gasteiger partial charge in [-0.25, -0.2) is 0 Å². The summed E-state index contributed by atoms with van der Waals surface area (Å²) in [5, 5.41) is 7.25. The van der Waals surface area contributed by atoms with E-state index in [4.69, 9.17) is 5.41 Å². The standard InChI is InChI=1S/C7H7F3N2OS/c1-4-2-12(6(11)14-4)3-5(13)7(8,9)10/h2,11H,3H2,1H3. The second kappa shape index (κ2) is 3.56. The molecule has 1 rings (SSSR count). The maximum atomic E-state index is 11.9. The van der Waals surface area contributed by atoms with Gasteiger partial charge in [-0.05, 0) is 6.92 Å². The molecule has 1 heterocycles. The maximum Gasteiger partial charge on any atom is 0.451 e. The van der Waals surface area contributed by atoms with Gasteiger partial charge in [0.15, 0.2) is 4.80 Å². The number of carbonyl (C=O) groups excluding carboxylic acids is 1. The van der Waals surface area contributed by atoms with E-state index in [0.717, 1.165) is 15.9 Å². The molecule has 1 N–H and O–H groups in total. The number of rotatable bonds is 2. The SMILES string of the molecule is Cc1cn(CC(=O)C(F)(F)F)c(=N)s1. The van der Waals surface area contributed by atoms with Gasteiger partial charge in [0.25, 0.3) is 5.78 Å². The number of halogens is 3. The first-order valence-electron chi connectivity index (χ1n) is 3.62. The maximum absolute atomic E-state index is 11.9. The van der Waals surface area contributed by atoms with E-state index in [0.29, 0.717) is 4.88 Å². The lowest BCUT2D eigenvalue weighted by molar-refractivity contribution is -0.171. The molecular weight excluding hydrogens is 217 g/mol. The molecule has 0 atom stereocenters. The van der Waals surface area contributed by atoms with Crippen molar-refractivity contribution in [1.29, 1.82) is 5.41 Å². The third kappa shape index (κ3) is 2.44. The average molecular weight is 224 g/mol. The van der Waals surface area contributed by atoms with Crippen LogP contribution in [0.25, 0.3) is 0 Å². The van der Waals surface area contributed by atoms with Crippen LogP contribution in [0.1, 0.15) is 4.88 Å². The molecular formula is C7H7F3N2OS. The Kier molecular flexibility index (Phi) is 2.79. The molecule has 0 fully saturated rings. The molecule has 3 nitrogen and oxygen atoms in total. The number of ketones is 1. The molecule has 0 aliphatic rings. The van der Waals surface area contributed by atoms with Gasteiger partial charge in [0.2, 0.25) is 0 Å². The van der Waals surface area contributed by atoms with Crippen molar-refractivity contribution in [3.05, 3.63) is 15.9 Å². The number of hydrogen-bond acceptors (Lipinski definition) is 3. The highest BCUT2D eigenvalue weighted by Gasteiger charge is 2.38. The Morgan fingerprint density at radius 2 is 2.21 bits per heavy atom. The summed E-state index contributed by atoms with van der Waals surface area (Å²) in [6.45, 7) is 0.851. The van der Waals surface area contributed by atoms with E-state index in [1.165, 1.54) is 6.20 Å². The molecule has 0 bridgehead atoms. The minimum atomic E-state index is -4.82. The molecule has 0 aliphatic carbocycles. The summed E-state index contributed by atoms with van der Waals surface area (Å²) in [6.07, 6.45) is -3.47. The lowest BCUT2D eigenvalue weighted by Crippen LogP contribution is -2.30. The zero-order valence-electron chi connectivity index (χ0n) is 7.18. The van der Waals surface area contributed by atoms with E-state index in [2.05, 4.69) is 0 Å². The van der Waals surface area contributed by atoms with E-state index in [-0.39, 0.29) is 4.80 Å². The van der Waals surface area contributed by atoms with Gasteiger partial charge in [-0.3, -0.25) is 10.2 Å². The largest absolute Gasteiger partial charge is 0.451 e. The number of hydrogen-bond donors (Lipinski definition) is 1. The quantitative estimate of drug-likeness (QED) is 0.812. The third-order valence-corrected chi connectivity index (χ3v) is 2.34. The second-order valence-electron chi connectivity index (χ2n) is 2.70. The lowest BCUT2D eigenvalue weighted by Gasteiger charge is -2.04. The van der Waals surface area contributed by atoms with Crippen molar-refractivity contribution in [1.82, 2.24) is 4.57 Å². The van der Waals surface area contributed by atoms with Crippen LogP contribution in [-0.4, -0.2) is 16.5 Å². The summed E-state index contributed by atoms with van der Waals surface area (Å²) in [5.41, 5.74) is 0. The fourth-order valence-corrected chi connectivity index (χ4v) is 1.60. The molecule has 14 heavy (non-hydrogen) atoms. The van der Waals surface area contributed by atoms with Crippen molar-refractivity contribution in [3.8, 4) is 0 Å². The van der Waals surface area contributed by atoms with Gasteiger partial charge in [-0.15, -0.1) is 11.3 Å². The first kappa shape index (κ1) is 11.0. The van der Waals surface area contributed by atoms with Gasteiger partial charge >= 0.3 is 6.18 Å². The Hall–Kier alpha value is -1.11. The number of nitrogens with zero attached hydrogens (tertiary/aromatic N) is 1. The van der Waals surface area contributed by atoms with Gasteiger partial charge < -0.3 is 4.57 Å². The second-order valence-corrected chi connectivity index (χ2v) is 3.93. The van der Waals surface area contributed by atoms with Gasteiger partial charge in [0.1, 0.15) is 0 Å². The van der Waals surface area contributed by atoms with E-state index in [1.807, 2.05) is 0 Å². The summed E-state index contributed by atoms with van der Waals surface area (Å²) in [5.74, 6) is -1.84. The monoisotopic (exact) mass is 224 g/mol. The number of nitrogens with one attached hydrogen (secondary N) is 1. The summed E-state index contributed by atoms with van der Waals surface area (Å²) in [4.78, 5) is 11.2. The van der Waals surface area contributed by atoms with E-state index >= 15 is 0 Å². The number of aryl methyl sites for hydroxylation is 1. The topological polar surface area (TPSA) is 45.9 Å². The van der Waals surface area contributed by atoms with Crippen LogP contribution in [0.3, 0.4) is 0 Å². The molecule has 1 aromatic heterocycles. The van der Waals surface area contributed by atoms with Crippen molar-refractivity contribution in [2.24, 2.45) is 0 Å². The molecule has 0 aromatic carbocycles. The van der Waals surface area contributed by atoms with Crippen LogP contribution in [0.15, 0.2) is 6.20 Å². The molecule has 0 aliphatic heterocycles. The summed E-state index contributed by atoms with van der Waals surface area (Å²) in [6, 6.07) is 0. The van der Waals surface area contributed by atoms with Crippen molar-refractivity contribution < 1.29 is 18.0 Å². The highest BCUT2D eigenvalue weighted by atomic mass is 32.1. The van der Waals surface area contributed by atoms with Gasteiger partial charge in [-0.1, -0.05) is 0 Å². The fourth-order valence-electron chi connectivity index (χ4n) is 0.877. The van der Waals surface area contributed by atoms with Crippen molar-refractivity contribution in [2.75, 3.05) is 0 Å². The molecule has 0 unspecified atom stereocenters. The van der Waals surface area contributed by atoms with Crippen LogP contribution in [0.2, 0.25) is 0 Å². The lowest BCUT2D eigenvalue weighted by atomic mass is 10.4. The van der Waals surface area contributed by atoms with Crippen molar-refractivity contribution in [3.63, 3.8) is 0 Å². The van der Waals surface area contributed by atoms with Crippen LogP contribution in [0.4, 0.5) is 13.2 Å². The predicted molar refractivity (Wildman–Crippen MR) is 44.0 cm³/mol. The minimum absolute atomic E-state index is 0.0555. The first-order chi connectivity index (χ1) is 6.30. The zero-order valence-corrected chi connectivity index (χ0v) is 8.00. The third-order valence-electron chi connectivity index (χ3n) is 1.49.